The Bertz CT molecular complexity index is 559. The van der Waals surface area contributed by atoms with E-state index in [9.17, 15) is 0 Å². The minimum Gasteiger partial charge on any atom is -0.497 e. The van der Waals surface area contributed by atoms with Gasteiger partial charge < -0.3 is 9.47 Å². The van der Waals surface area contributed by atoms with Crippen LogP contribution in [0.3, 0.4) is 0 Å². The molecule has 0 aliphatic carbocycles. The van der Waals surface area contributed by atoms with Gasteiger partial charge in [0.15, 0.2) is 0 Å². The zero-order valence-electron chi connectivity index (χ0n) is 11.4. The molecule has 0 saturated carbocycles. The molecule has 0 bridgehead atoms. The molecule has 0 atom stereocenters. The summed E-state index contributed by atoms with van der Waals surface area (Å²) >= 11 is 3.49. The van der Waals surface area contributed by atoms with Crippen molar-refractivity contribution < 1.29 is 9.47 Å². The highest BCUT2D eigenvalue weighted by Crippen LogP contribution is 2.30. The SMILES string of the molecule is COc1ccc(OCc2c(C)cccc2C)c(Br)c1. The van der Waals surface area contributed by atoms with Crippen molar-refractivity contribution in [1.29, 1.82) is 0 Å². The van der Waals surface area contributed by atoms with Crippen LogP contribution in [0.4, 0.5) is 0 Å². The lowest BCUT2D eigenvalue weighted by Gasteiger charge is -2.13. The first-order valence-electron chi connectivity index (χ1n) is 6.13. The van der Waals surface area contributed by atoms with E-state index in [4.69, 9.17) is 9.47 Å². The molecule has 0 aromatic heterocycles. The third-order valence-electron chi connectivity index (χ3n) is 3.16. The largest absolute Gasteiger partial charge is 0.497 e. The fourth-order valence-electron chi connectivity index (χ4n) is 1.95. The van der Waals surface area contributed by atoms with Gasteiger partial charge in [-0.05, 0) is 64.7 Å². The summed E-state index contributed by atoms with van der Waals surface area (Å²) in [6.45, 7) is 4.78. The van der Waals surface area contributed by atoms with E-state index in [1.54, 1.807) is 7.11 Å². The lowest BCUT2D eigenvalue weighted by molar-refractivity contribution is 0.302. The van der Waals surface area contributed by atoms with Crippen LogP contribution in [-0.4, -0.2) is 7.11 Å². The monoisotopic (exact) mass is 320 g/mol. The molecule has 0 radical (unpaired) electrons. The molecule has 0 amide bonds. The first-order chi connectivity index (χ1) is 9.11. The molecule has 2 aromatic rings. The van der Waals surface area contributed by atoms with Crippen LogP contribution in [0.25, 0.3) is 0 Å². The van der Waals surface area contributed by atoms with Gasteiger partial charge in [-0.25, -0.2) is 0 Å². The van der Waals surface area contributed by atoms with Crippen molar-refractivity contribution >= 4 is 15.9 Å². The van der Waals surface area contributed by atoms with Crippen LogP contribution in [0.5, 0.6) is 11.5 Å². The molecule has 0 unspecified atom stereocenters. The van der Waals surface area contributed by atoms with Gasteiger partial charge in [-0.3, -0.25) is 0 Å². The predicted octanol–water partition coefficient (Wildman–Crippen LogP) is 4.65. The van der Waals surface area contributed by atoms with E-state index < -0.39 is 0 Å². The fraction of sp³-hybridized carbons (Fsp3) is 0.250. The van der Waals surface area contributed by atoms with Crippen molar-refractivity contribution in [3.8, 4) is 11.5 Å². The quantitative estimate of drug-likeness (QED) is 0.816. The van der Waals surface area contributed by atoms with E-state index in [-0.39, 0.29) is 0 Å². The van der Waals surface area contributed by atoms with Crippen molar-refractivity contribution in [3.63, 3.8) is 0 Å². The average Bonchev–Trinajstić information content (AvgIpc) is 2.39. The van der Waals surface area contributed by atoms with Crippen molar-refractivity contribution in [1.82, 2.24) is 0 Å². The summed E-state index contributed by atoms with van der Waals surface area (Å²) in [4.78, 5) is 0. The highest BCUT2D eigenvalue weighted by molar-refractivity contribution is 9.10. The van der Waals surface area contributed by atoms with Crippen LogP contribution in [0.2, 0.25) is 0 Å². The molecule has 3 heteroatoms. The Morgan fingerprint density at radius 2 is 1.74 bits per heavy atom. The molecule has 0 spiro atoms. The van der Waals surface area contributed by atoms with Crippen molar-refractivity contribution in [3.05, 3.63) is 57.6 Å². The van der Waals surface area contributed by atoms with Gasteiger partial charge in [0, 0.05) is 0 Å². The molecule has 0 aliphatic rings. The summed E-state index contributed by atoms with van der Waals surface area (Å²) in [5.74, 6) is 1.63. The molecular weight excluding hydrogens is 304 g/mol. The molecule has 0 fully saturated rings. The van der Waals surface area contributed by atoms with Crippen LogP contribution in [0, 0.1) is 13.8 Å². The molecule has 2 aromatic carbocycles. The van der Waals surface area contributed by atoms with Crippen LogP contribution in [0.1, 0.15) is 16.7 Å². The van der Waals surface area contributed by atoms with Gasteiger partial charge in [0.25, 0.3) is 0 Å². The van der Waals surface area contributed by atoms with Gasteiger partial charge >= 0.3 is 0 Å². The van der Waals surface area contributed by atoms with Gasteiger partial charge in [0.2, 0.25) is 0 Å². The molecular formula is C16H17BrO2. The zero-order valence-corrected chi connectivity index (χ0v) is 13.0. The van der Waals surface area contributed by atoms with E-state index in [1.807, 2.05) is 18.2 Å². The first-order valence-corrected chi connectivity index (χ1v) is 6.92. The number of rotatable bonds is 4. The highest BCUT2D eigenvalue weighted by atomic mass is 79.9. The molecule has 0 N–H and O–H groups in total. The van der Waals surface area contributed by atoms with E-state index in [2.05, 4.69) is 48.0 Å². The predicted molar refractivity (Wildman–Crippen MR) is 80.9 cm³/mol. The highest BCUT2D eigenvalue weighted by Gasteiger charge is 2.06. The van der Waals surface area contributed by atoms with E-state index in [1.165, 1.54) is 16.7 Å². The molecule has 100 valence electrons. The second-order valence-electron chi connectivity index (χ2n) is 4.46. The Kier molecular flexibility index (Phi) is 4.48. The van der Waals surface area contributed by atoms with Crippen LogP contribution in [-0.2, 0) is 6.61 Å². The summed E-state index contributed by atoms with van der Waals surface area (Å²) in [6.07, 6.45) is 0. The van der Waals surface area contributed by atoms with Gasteiger partial charge in [-0.15, -0.1) is 0 Å². The Labute approximate surface area is 122 Å². The van der Waals surface area contributed by atoms with E-state index in [0.29, 0.717) is 6.61 Å². The standard InChI is InChI=1S/C16H17BrO2/c1-11-5-4-6-12(2)14(11)10-19-16-8-7-13(18-3)9-15(16)17/h4-9H,10H2,1-3H3. The van der Waals surface area contributed by atoms with Gasteiger partial charge in [-0.2, -0.15) is 0 Å². The lowest BCUT2D eigenvalue weighted by Crippen LogP contribution is -2.01. The molecule has 0 saturated heterocycles. The van der Waals surface area contributed by atoms with Crippen LogP contribution >= 0.6 is 15.9 Å². The average molecular weight is 321 g/mol. The van der Waals surface area contributed by atoms with Crippen LogP contribution in [0.15, 0.2) is 40.9 Å². The van der Waals surface area contributed by atoms with Gasteiger partial charge in [0.1, 0.15) is 18.1 Å². The Morgan fingerprint density at radius 3 is 2.32 bits per heavy atom. The molecule has 2 nitrogen and oxygen atoms in total. The molecule has 0 heterocycles. The summed E-state index contributed by atoms with van der Waals surface area (Å²) in [6, 6.07) is 12.0. The first kappa shape index (κ1) is 13.9. The Morgan fingerprint density at radius 1 is 1.05 bits per heavy atom. The maximum Gasteiger partial charge on any atom is 0.134 e. The number of aryl methyl sites for hydroxylation is 2. The summed E-state index contributed by atoms with van der Waals surface area (Å²) in [5, 5.41) is 0. The summed E-state index contributed by atoms with van der Waals surface area (Å²) in [5.41, 5.74) is 3.75. The van der Waals surface area contributed by atoms with Gasteiger partial charge in [-0.1, -0.05) is 18.2 Å². The van der Waals surface area contributed by atoms with Crippen molar-refractivity contribution in [2.24, 2.45) is 0 Å². The number of hydrogen-bond donors (Lipinski definition) is 0. The van der Waals surface area contributed by atoms with Crippen molar-refractivity contribution in [2.75, 3.05) is 7.11 Å². The Balaban J connectivity index is 2.15. The number of methoxy groups -OCH3 is 1. The van der Waals surface area contributed by atoms with Gasteiger partial charge in [0.05, 0.1) is 11.6 Å². The number of halogens is 1. The summed E-state index contributed by atoms with van der Waals surface area (Å²) < 4.78 is 11.9. The maximum absolute atomic E-state index is 5.88. The third-order valence-corrected chi connectivity index (χ3v) is 3.78. The Hall–Kier alpha value is -1.48. The summed E-state index contributed by atoms with van der Waals surface area (Å²) in [7, 11) is 1.65. The fourth-order valence-corrected chi connectivity index (χ4v) is 2.42. The second-order valence-corrected chi connectivity index (χ2v) is 5.31. The normalized spacial score (nSPS) is 10.3. The number of hydrogen-bond acceptors (Lipinski definition) is 2. The third kappa shape index (κ3) is 3.29. The minimum atomic E-state index is 0.573. The smallest absolute Gasteiger partial charge is 0.134 e. The molecule has 2 rings (SSSR count). The maximum atomic E-state index is 5.88. The minimum absolute atomic E-state index is 0.573. The van der Waals surface area contributed by atoms with E-state index >= 15 is 0 Å². The number of ether oxygens (including phenoxy) is 2. The topological polar surface area (TPSA) is 18.5 Å². The van der Waals surface area contributed by atoms with Crippen LogP contribution < -0.4 is 9.47 Å². The lowest BCUT2D eigenvalue weighted by atomic mass is 10.0. The second kappa shape index (κ2) is 6.11. The number of benzene rings is 2. The van der Waals surface area contributed by atoms with E-state index in [0.717, 1.165) is 16.0 Å². The molecule has 0 aliphatic heterocycles. The zero-order chi connectivity index (χ0) is 13.8. The van der Waals surface area contributed by atoms with Crippen molar-refractivity contribution in [2.45, 2.75) is 20.5 Å². The molecule has 19 heavy (non-hydrogen) atoms.